The Balaban J connectivity index is 1.58. The summed E-state index contributed by atoms with van der Waals surface area (Å²) in [5.74, 6) is -1.44. The summed E-state index contributed by atoms with van der Waals surface area (Å²) < 4.78 is 19.8. The van der Waals surface area contributed by atoms with E-state index in [1.807, 2.05) is 0 Å². The van der Waals surface area contributed by atoms with Gasteiger partial charge in [-0.25, -0.2) is 19.3 Å². The van der Waals surface area contributed by atoms with E-state index in [1.165, 1.54) is 48.6 Å². The van der Waals surface area contributed by atoms with Gasteiger partial charge in [-0.15, -0.1) is 0 Å². The summed E-state index contributed by atoms with van der Waals surface area (Å²) in [5.41, 5.74) is 0.183. The molecular weight excluding hydrogens is 448 g/mol. The number of nitrogens with zero attached hydrogens (tertiary/aromatic N) is 4. The van der Waals surface area contributed by atoms with Crippen LogP contribution in [0.5, 0.6) is 5.75 Å². The van der Waals surface area contributed by atoms with Crippen LogP contribution < -0.4 is 15.0 Å². The molecule has 8 nitrogen and oxygen atoms in total. The van der Waals surface area contributed by atoms with Crippen LogP contribution in [0.4, 0.5) is 10.2 Å². The average molecular weight is 462 g/mol. The number of nitrogens with one attached hydrogen (secondary N) is 1. The predicted molar refractivity (Wildman–Crippen MR) is 112 cm³/mol. The smallest absolute Gasteiger partial charge is 0.289 e. The van der Waals surface area contributed by atoms with E-state index in [-0.39, 0.29) is 34.5 Å². The molecule has 1 aliphatic heterocycles. The normalized spacial score (nSPS) is 15.7. The molecule has 2 amide bonds. The minimum Gasteiger partial charge on any atom is -0.487 e. The number of carbonyl (C=O) groups is 2. The van der Waals surface area contributed by atoms with Crippen molar-refractivity contribution in [3.63, 3.8) is 0 Å². The second-order valence-corrected chi connectivity index (χ2v) is 7.42. The largest absolute Gasteiger partial charge is 0.487 e. The van der Waals surface area contributed by atoms with Gasteiger partial charge in [0.15, 0.2) is 11.6 Å². The first-order valence-electron chi connectivity index (χ1n) is 8.99. The van der Waals surface area contributed by atoms with Crippen LogP contribution in [0.3, 0.4) is 0 Å². The maximum Gasteiger partial charge on any atom is 0.289 e. The third-order valence-corrected chi connectivity index (χ3v) is 5.02. The van der Waals surface area contributed by atoms with Gasteiger partial charge in [-0.05, 0) is 12.1 Å². The summed E-state index contributed by atoms with van der Waals surface area (Å²) in [6, 6.07) is 6.37. The number of hydrogen-bond acceptors (Lipinski definition) is 6. The molecule has 0 radical (unpaired) electrons. The molecule has 0 saturated heterocycles. The Bertz CT molecular complexity index is 1190. The molecule has 158 valence electrons. The summed E-state index contributed by atoms with van der Waals surface area (Å²) in [6.45, 7) is -0.155. The summed E-state index contributed by atoms with van der Waals surface area (Å²) in [5, 5.41) is 2.96. The zero-order valence-corrected chi connectivity index (χ0v) is 17.5. The zero-order chi connectivity index (χ0) is 22.1. The highest BCUT2D eigenvalue weighted by Crippen LogP contribution is 2.31. The van der Waals surface area contributed by atoms with Crippen LogP contribution in [0.1, 0.15) is 10.6 Å². The van der Waals surface area contributed by atoms with Crippen LogP contribution in [0.15, 0.2) is 42.7 Å². The number of amides is 2. The fourth-order valence-corrected chi connectivity index (χ4v) is 3.34. The van der Waals surface area contributed by atoms with Crippen LogP contribution in [0.2, 0.25) is 10.0 Å². The lowest BCUT2D eigenvalue weighted by Crippen LogP contribution is -2.49. The fourth-order valence-electron chi connectivity index (χ4n) is 3.00. The number of carbonyl (C=O) groups excluding carboxylic acids is 2. The number of halogens is 3. The van der Waals surface area contributed by atoms with Gasteiger partial charge in [0.05, 0.1) is 21.9 Å². The van der Waals surface area contributed by atoms with Gasteiger partial charge in [0.25, 0.3) is 11.8 Å². The quantitative estimate of drug-likeness (QED) is 0.643. The Morgan fingerprint density at radius 3 is 2.81 bits per heavy atom. The first kappa shape index (κ1) is 21.0. The molecule has 1 aliphatic rings. The van der Waals surface area contributed by atoms with Crippen molar-refractivity contribution >= 4 is 40.8 Å². The van der Waals surface area contributed by atoms with Gasteiger partial charge in [0.1, 0.15) is 18.5 Å². The van der Waals surface area contributed by atoms with E-state index in [9.17, 15) is 14.0 Å². The molecule has 0 bridgehead atoms. The van der Waals surface area contributed by atoms with Gasteiger partial charge in [-0.2, -0.15) is 0 Å². The molecule has 1 N–H and O–H groups in total. The van der Waals surface area contributed by atoms with Crippen molar-refractivity contribution in [2.75, 3.05) is 18.6 Å². The molecule has 3 heterocycles. The molecule has 2 aromatic heterocycles. The number of benzene rings is 1. The van der Waals surface area contributed by atoms with Crippen LogP contribution in [0, 0.1) is 5.82 Å². The molecule has 11 heteroatoms. The maximum absolute atomic E-state index is 14.2. The van der Waals surface area contributed by atoms with Gasteiger partial charge in [0, 0.05) is 24.9 Å². The Morgan fingerprint density at radius 2 is 2.03 bits per heavy atom. The molecule has 1 aromatic carbocycles. The number of rotatable bonds is 3. The van der Waals surface area contributed by atoms with Crippen LogP contribution in [-0.2, 0) is 4.79 Å². The first-order chi connectivity index (χ1) is 14.8. The minimum atomic E-state index is -1.04. The second kappa shape index (κ2) is 8.44. The average Bonchev–Trinajstić information content (AvgIpc) is 2.86. The number of likely N-dealkylation sites (N-methyl/N-ethyl adjacent to an activating group) is 1. The molecule has 1 unspecified atom stereocenters. The topological polar surface area (TPSA) is 97.3 Å². The Morgan fingerprint density at radius 1 is 1.26 bits per heavy atom. The van der Waals surface area contributed by atoms with Gasteiger partial charge < -0.3 is 10.1 Å². The number of fused-ring (bicyclic) bond motifs is 1. The van der Waals surface area contributed by atoms with Gasteiger partial charge in [0.2, 0.25) is 5.82 Å². The highest BCUT2D eigenvalue weighted by Gasteiger charge is 2.32. The molecule has 0 fully saturated rings. The zero-order valence-electron chi connectivity index (χ0n) is 16.0. The molecule has 4 rings (SSSR count). The number of pyridine rings is 1. The van der Waals surface area contributed by atoms with Crippen molar-refractivity contribution in [1.29, 1.82) is 0 Å². The molecule has 0 aliphatic carbocycles. The van der Waals surface area contributed by atoms with Crippen molar-refractivity contribution in [3.05, 3.63) is 64.4 Å². The lowest BCUT2D eigenvalue weighted by Gasteiger charge is -2.19. The Labute approximate surface area is 186 Å². The van der Waals surface area contributed by atoms with Gasteiger partial charge in [-0.1, -0.05) is 35.3 Å². The minimum absolute atomic E-state index is 0.0618. The van der Waals surface area contributed by atoms with Gasteiger partial charge >= 0.3 is 0 Å². The van der Waals surface area contributed by atoms with E-state index in [0.717, 1.165) is 0 Å². The van der Waals surface area contributed by atoms with Crippen LogP contribution >= 0.6 is 23.2 Å². The number of ether oxygens (including phenoxy) is 1. The van der Waals surface area contributed by atoms with Crippen molar-refractivity contribution in [2.24, 2.45) is 0 Å². The van der Waals surface area contributed by atoms with E-state index in [2.05, 4.69) is 20.3 Å². The molecule has 1 atom stereocenters. The molecule has 31 heavy (non-hydrogen) atoms. The van der Waals surface area contributed by atoms with E-state index in [4.69, 9.17) is 27.9 Å². The van der Waals surface area contributed by atoms with Crippen molar-refractivity contribution in [2.45, 2.75) is 6.04 Å². The van der Waals surface area contributed by atoms with E-state index < -0.39 is 23.7 Å². The fraction of sp³-hybridized carbons (Fsp3) is 0.150. The highest BCUT2D eigenvalue weighted by atomic mass is 35.5. The lowest BCUT2D eigenvalue weighted by atomic mass is 10.1. The first-order valence-corrected chi connectivity index (χ1v) is 9.75. The van der Waals surface area contributed by atoms with Gasteiger partial charge in [-0.3, -0.25) is 14.5 Å². The Hall–Kier alpha value is -3.30. The third-order valence-electron chi connectivity index (χ3n) is 4.53. The second-order valence-electron chi connectivity index (χ2n) is 6.58. The van der Waals surface area contributed by atoms with E-state index in [1.54, 1.807) is 6.07 Å². The van der Waals surface area contributed by atoms with Crippen molar-refractivity contribution < 1.29 is 18.7 Å². The summed E-state index contributed by atoms with van der Waals surface area (Å²) >= 11 is 12.0. The summed E-state index contributed by atoms with van der Waals surface area (Å²) in [4.78, 5) is 38.9. The van der Waals surface area contributed by atoms with Crippen LogP contribution in [-0.4, -0.2) is 46.5 Å². The predicted octanol–water partition coefficient (Wildman–Crippen LogP) is 3.14. The summed E-state index contributed by atoms with van der Waals surface area (Å²) in [6.07, 6.45) is 2.59. The number of aromatic nitrogens is 3. The van der Waals surface area contributed by atoms with Crippen molar-refractivity contribution in [1.82, 2.24) is 20.3 Å². The number of hydrogen-bond donors (Lipinski definition) is 1. The molecule has 0 saturated carbocycles. The maximum atomic E-state index is 14.2. The SMILES string of the molecule is CN1C(=O)C(NC(=O)c2ncc(Cl)c(-c3ccccc3F)n2)COc2cc(Cl)cnc21. The third kappa shape index (κ3) is 4.14. The molecule has 0 spiro atoms. The van der Waals surface area contributed by atoms with E-state index in [0.29, 0.717) is 10.8 Å². The summed E-state index contributed by atoms with van der Waals surface area (Å²) in [7, 11) is 1.50. The van der Waals surface area contributed by atoms with Crippen LogP contribution in [0.25, 0.3) is 11.3 Å². The van der Waals surface area contributed by atoms with Crippen molar-refractivity contribution in [3.8, 4) is 17.0 Å². The number of anilines is 1. The standard InChI is InChI=1S/C20H14Cl2FN5O3/c1-28-18-15(6-10(21)7-25-18)31-9-14(20(28)30)26-19(29)17-24-8-12(22)16(27-17)11-4-2-3-5-13(11)23/h2-8,14H,9H2,1H3,(H,26,29). The monoisotopic (exact) mass is 461 g/mol. The lowest BCUT2D eigenvalue weighted by molar-refractivity contribution is -0.120. The molecular formula is C20H14Cl2FN5O3. The molecule has 3 aromatic rings. The Kier molecular flexibility index (Phi) is 5.71. The van der Waals surface area contributed by atoms with E-state index >= 15 is 0 Å². The highest BCUT2D eigenvalue weighted by molar-refractivity contribution is 6.33.